The van der Waals surface area contributed by atoms with Gasteiger partial charge in [-0.2, -0.15) is 0 Å². The molecule has 0 amide bonds. The lowest BCUT2D eigenvalue weighted by molar-refractivity contribution is 0.312. The summed E-state index contributed by atoms with van der Waals surface area (Å²) >= 11 is 3.24. The highest BCUT2D eigenvalue weighted by molar-refractivity contribution is 9.10. The van der Waals surface area contributed by atoms with Crippen molar-refractivity contribution in [3.8, 4) is 5.75 Å². The normalized spacial score (nSPS) is 12.2. The highest BCUT2D eigenvalue weighted by atomic mass is 79.9. The molecular formula is C17H19BrFNO. The molecule has 1 N–H and O–H groups in total. The van der Waals surface area contributed by atoms with E-state index < -0.39 is 0 Å². The standard InChI is InChI=1S/C17H19BrFNO/c1-3-11-21-15-10-5-4-7-12(15)17(20-2)13-8-6-9-14(18)16(13)19/h4-10,17,20H,3,11H2,1-2H3. The van der Waals surface area contributed by atoms with Crippen LogP contribution in [0.15, 0.2) is 46.9 Å². The molecule has 0 heterocycles. The molecule has 2 aromatic carbocycles. The zero-order valence-corrected chi connectivity index (χ0v) is 13.8. The van der Waals surface area contributed by atoms with Crippen molar-refractivity contribution >= 4 is 15.9 Å². The first-order valence-corrected chi connectivity index (χ1v) is 7.81. The zero-order chi connectivity index (χ0) is 15.2. The monoisotopic (exact) mass is 351 g/mol. The fourth-order valence-electron chi connectivity index (χ4n) is 2.28. The van der Waals surface area contributed by atoms with Gasteiger partial charge in [0.05, 0.1) is 17.1 Å². The third kappa shape index (κ3) is 3.63. The van der Waals surface area contributed by atoms with Crippen LogP contribution in [0.5, 0.6) is 5.75 Å². The Bertz CT molecular complexity index is 603. The highest BCUT2D eigenvalue weighted by Crippen LogP contribution is 2.33. The van der Waals surface area contributed by atoms with Gasteiger partial charge in [-0.3, -0.25) is 0 Å². The van der Waals surface area contributed by atoms with Crippen molar-refractivity contribution in [1.29, 1.82) is 0 Å². The summed E-state index contributed by atoms with van der Waals surface area (Å²) in [6, 6.07) is 12.8. The molecule has 1 unspecified atom stereocenters. The van der Waals surface area contributed by atoms with E-state index in [-0.39, 0.29) is 11.9 Å². The van der Waals surface area contributed by atoms with Gasteiger partial charge in [-0.15, -0.1) is 0 Å². The highest BCUT2D eigenvalue weighted by Gasteiger charge is 2.20. The van der Waals surface area contributed by atoms with Crippen LogP contribution in [0, 0.1) is 5.82 Å². The van der Waals surface area contributed by atoms with Crippen molar-refractivity contribution in [2.75, 3.05) is 13.7 Å². The van der Waals surface area contributed by atoms with Gasteiger partial charge < -0.3 is 10.1 Å². The average Bonchev–Trinajstić information content (AvgIpc) is 2.51. The Balaban J connectivity index is 2.44. The Hall–Kier alpha value is -1.39. The summed E-state index contributed by atoms with van der Waals surface area (Å²) in [5.41, 5.74) is 1.53. The Morgan fingerprint density at radius 1 is 1.14 bits per heavy atom. The number of ether oxygens (including phenoxy) is 1. The molecule has 21 heavy (non-hydrogen) atoms. The molecule has 0 fully saturated rings. The van der Waals surface area contributed by atoms with E-state index in [1.54, 1.807) is 12.1 Å². The van der Waals surface area contributed by atoms with Gasteiger partial charge in [0.1, 0.15) is 11.6 Å². The van der Waals surface area contributed by atoms with E-state index in [2.05, 4.69) is 28.2 Å². The molecule has 0 saturated heterocycles. The maximum atomic E-state index is 14.4. The fraction of sp³-hybridized carbons (Fsp3) is 0.294. The lowest BCUT2D eigenvalue weighted by atomic mass is 9.97. The van der Waals surface area contributed by atoms with Gasteiger partial charge in [-0.1, -0.05) is 37.3 Å². The van der Waals surface area contributed by atoms with Crippen LogP contribution in [0.4, 0.5) is 4.39 Å². The van der Waals surface area contributed by atoms with Crippen LogP contribution in [-0.4, -0.2) is 13.7 Å². The van der Waals surface area contributed by atoms with E-state index in [1.807, 2.05) is 37.4 Å². The Kier molecular flexibility index (Phi) is 5.76. The second-order valence-corrected chi connectivity index (χ2v) is 5.61. The molecule has 0 saturated carbocycles. The largest absolute Gasteiger partial charge is 0.493 e. The van der Waals surface area contributed by atoms with Crippen LogP contribution in [0.2, 0.25) is 0 Å². The van der Waals surface area contributed by atoms with Crippen LogP contribution >= 0.6 is 15.9 Å². The first kappa shape index (κ1) is 16.0. The lowest BCUT2D eigenvalue weighted by Gasteiger charge is -2.21. The summed E-state index contributed by atoms with van der Waals surface area (Å²) in [6.07, 6.45) is 0.934. The molecule has 0 aliphatic carbocycles. The number of hydrogen-bond donors (Lipinski definition) is 1. The summed E-state index contributed by atoms with van der Waals surface area (Å²) in [4.78, 5) is 0. The van der Waals surface area contributed by atoms with Gasteiger partial charge in [0.2, 0.25) is 0 Å². The number of nitrogens with one attached hydrogen (secondary N) is 1. The minimum Gasteiger partial charge on any atom is -0.493 e. The summed E-state index contributed by atoms with van der Waals surface area (Å²) < 4.78 is 20.6. The summed E-state index contributed by atoms with van der Waals surface area (Å²) in [5, 5.41) is 3.18. The summed E-state index contributed by atoms with van der Waals surface area (Å²) in [6.45, 7) is 2.71. The summed E-state index contributed by atoms with van der Waals surface area (Å²) in [5.74, 6) is 0.542. The van der Waals surface area contributed by atoms with E-state index in [1.165, 1.54) is 0 Å². The van der Waals surface area contributed by atoms with Crippen molar-refractivity contribution in [2.45, 2.75) is 19.4 Å². The van der Waals surface area contributed by atoms with Crippen LogP contribution in [-0.2, 0) is 0 Å². The Morgan fingerprint density at radius 2 is 1.86 bits per heavy atom. The van der Waals surface area contributed by atoms with Crippen molar-refractivity contribution in [3.63, 3.8) is 0 Å². The van der Waals surface area contributed by atoms with Gasteiger partial charge in [0.25, 0.3) is 0 Å². The van der Waals surface area contributed by atoms with Crippen molar-refractivity contribution in [2.24, 2.45) is 0 Å². The van der Waals surface area contributed by atoms with Gasteiger partial charge in [-0.25, -0.2) is 4.39 Å². The number of para-hydroxylation sites is 1. The minimum atomic E-state index is -0.254. The molecule has 1 atom stereocenters. The predicted molar refractivity (Wildman–Crippen MR) is 87.2 cm³/mol. The number of benzene rings is 2. The van der Waals surface area contributed by atoms with E-state index in [4.69, 9.17) is 4.74 Å². The first-order valence-electron chi connectivity index (χ1n) is 7.02. The number of hydrogen-bond acceptors (Lipinski definition) is 2. The van der Waals surface area contributed by atoms with Crippen LogP contribution in [0.1, 0.15) is 30.5 Å². The lowest BCUT2D eigenvalue weighted by Crippen LogP contribution is -2.20. The number of rotatable bonds is 6. The topological polar surface area (TPSA) is 21.3 Å². The van der Waals surface area contributed by atoms with E-state index in [0.717, 1.165) is 17.7 Å². The van der Waals surface area contributed by atoms with E-state index in [0.29, 0.717) is 16.6 Å². The Labute approximate surface area is 133 Å². The van der Waals surface area contributed by atoms with E-state index >= 15 is 0 Å². The SMILES string of the molecule is CCCOc1ccccc1C(NC)c1cccc(Br)c1F. The molecule has 0 radical (unpaired) electrons. The molecule has 0 aromatic heterocycles. The second kappa shape index (κ2) is 7.57. The first-order chi connectivity index (χ1) is 10.2. The van der Waals surface area contributed by atoms with Gasteiger partial charge in [0.15, 0.2) is 0 Å². The predicted octanol–water partition coefficient (Wildman–Crippen LogP) is 4.69. The molecule has 0 bridgehead atoms. The Morgan fingerprint density at radius 3 is 2.57 bits per heavy atom. The molecule has 112 valence electrons. The van der Waals surface area contributed by atoms with Gasteiger partial charge in [0, 0.05) is 11.1 Å². The molecule has 0 aliphatic rings. The molecule has 0 aliphatic heterocycles. The summed E-state index contributed by atoms with van der Waals surface area (Å²) in [7, 11) is 1.82. The fourth-order valence-corrected chi connectivity index (χ4v) is 2.67. The molecule has 2 aromatic rings. The zero-order valence-electron chi connectivity index (χ0n) is 12.2. The van der Waals surface area contributed by atoms with Crippen LogP contribution in [0.25, 0.3) is 0 Å². The minimum absolute atomic E-state index is 0.248. The molecular weight excluding hydrogens is 333 g/mol. The maximum Gasteiger partial charge on any atom is 0.142 e. The van der Waals surface area contributed by atoms with Crippen LogP contribution in [0.3, 0.4) is 0 Å². The molecule has 0 spiro atoms. The van der Waals surface area contributed by atoms with Crippen molar-refractivity contribution < 1.29 is 9.13 Å². The third-order valence-corrected chi connectivity index (χ3v) is 3.89. The van der Waals surface area contributed by atoms with Crippen LogP contribution < -0.4 is 10.1 Å². The molecule has 4 heteroatoms. The van der Waals surface area contributed by atoms with Gasteiger partial charge >= 0.3 is 0 Å². The molecule has 2 rings (SSSR count). The number of halogens is 2. The van der Waals surface area contributed by atoms with E-state index in [9.17, 15) is 4.39 Å². The maximum absolute atomic E-state index is 14.4. The van der Waals surface area contributed by atoms with Crippen molar-refractivity contribution in [1.82, 2.24) is 5.32 Å². The average molecular weight is 352 g/mol. The smallest absolute Gasteiger partial charge is 0.142 e. The second-order valence-electron chi connectivity index (χ2n) is 4.75. The molecule has 2 nitrogen and oxygen atoms in total. The third-order valence-electron chi connectivity index (χ3n) is 3.27. The quantitative estimate of drug-likeness (QED) is 0.815. The van der Waals surface area contributed by atoms with Crippen molar-refractivity contribution in [3.05, 3.63) is 63.9 Å². The van der Waals surface area contributed by atoms with Gasteiger partial charge in [-0.05, 0) is 41.5 Å².